The Bertz CT molecular complexity index is 1020. The van der Waals surface area contributed by atoms with E-state index in [0.29, 0.717) is 10.2 Å². The van der Waals surface area contributed by atoms with Crippen LogP contribution in [0.3, 0.4) is 0 Å². The molecule has 1 atom stereocenters. The molecule has 2 heterocycles. The fraction of sp³-hybridized carbons (Fsp3) is 0.316. The molecule has 1 unspecified atom stereocenters. The first-order chi connectivity index (χ1) is 12.3. The van der Waals surface area contributed by atoms with Crippen molar-refractivity contribution in [3.05, 3.63) is 51.6 Å². The van der Waals surface area contributed by atoms with E-state index in [9.17, 15) is 14.0 Å². The van der Waals surface area contributed by atoms with Crippen LogP contribution in [0, 0.1) is 12.7 Å². The highest BCUT2D eigenvalue weighted by Crippen LogP contribution is 2.35. The average Bonchev–Trinajstić information content (AvgIpc) is 2.92. The van der Waals surface area contributed by atoms with Crippen molar-refractivity contribution < 1.29 is 13.9 Å². The van der Waals surface area contributed by atoms with Crippen molar-refractivity contribution in [3.8, 4) is 11.1 Å². The Balaban J connectivity index is 2.17. The molecule has 26 heavy (non-hydrogen) atoms. The standard InChI is InChI=1S/C19H19FN2O3S/c1-10(2)25-19(24)11(3)22-9-21-17-16(18(22)23)15(12(4)26-17)13-5-7-14(20)8-6-13/h5-11H,1-4H3. The molecule has 3 aromatic rings. The number of carbonyl (C=O) groups is 1. The normalized spacial score (nSPS) is 12.5. The lowest BCUT2D eigenvalue weighted by Gasteiger charge is -2.16. The number of fused-ring (bicyclic) bond motifs is 1. The van der Waals surface area contributed by atoms with Gasteiger partial charge in [-0.3, -0.25) is 9.36 Å². The molecule has 0 aliphatic rings. The molecular weight excluding hydrogens is 355 g/mol. The molecule has 0 N–H and O–H groups in total. The van der Waals surface area contributed by atoms with Crippen molar-refractivity contribution in [3.63, 3.8) is 0 Å². The Morgan fingerprint density at radius 3 is 2.50 bits per heavy atom. The smallest absolute Gasteiger partial charge is 0.329 e. The van der Waals surface area contributed by atoms with Gasteiger partial charge in [-0.1, -0.05) is 12.1 Å². The number of hydrogen-bond acceptors (Lipinski definition) is 5. The monoisotopic (exact) mass is 374 g/mol. The zero-order chi connectivity index (χ0) is 19.0. The molecule has 1 aromatic carbocycles. The van der Waals surface area contributed by atoms with E-state index in [-0.39, 0.29) is 17.5 Å². The van der Waals surface area contributed by atoms with Crippen molar-refractivity contribution in [2.45, 2.75) is 39.8 Å². The first-order valence-electron chi connectivity index (χ1n) is 8.26. The van der Waals surface area contributed by atoms with E-state index >= 15 is 0 Å². The second-order valence-electron chi connectivity index (χ2n) is 6.34. The molecule has 0 saturated heterocycles. The van der Waals surface area contributed by atoms with Crippen molar-refractivity contribution in [1.29, 1.82) is 0 Å². The SMILES string of the molecule is Cc1sc2ncn(C(C)C(=O)OC(C)C)c(=O)c2c1-c1ccc(F)cc1. The molecule has 0 radical (unpaired) electrons. The van der Waals surface area contributed by atoms with Crippen molar-refractivity contribution in [2.75, 3.05) is 0 Å². The third-order valence-electron chi connectivity index (χ3n) is 4.06. The molecule has 0 aliphatic carbocycles. The number of aromatic nitrogens is 2. The van der Waals surface area contributed by atoms with E-state index in [0.717, 1.165) is 16.0 Å². The summed E-state index contributed by atoms with van der Waals surface area (Å²) in [4.78, 5) is 31.1. The van der Waals surface area contributed by atoms with E-state index in [1.165, 1.54) is 34.4 Å². The van der Waals surface area contributed by atoms with Gasteiger partial charge in [-0.15, -0.1) is 11.3 Å². The fourth-order valence-electron chi connectivity index (χ4n) is 2.80. The molecule has 136 valence electrons. The summed E-state index contributed by atoms with van der Waals surface area (Å²) in [5, 5.41) is 0.436. The van der Waals surface area contributed by atoms with Gasteiger partial charge in [-0.2, -0.15) is 0 Å². The molecule has 5 nitrogen and oxygen atoms in total. The number of rotatable bonds is 4. The molecule has 3 rings (SSSR count). The molecule has 7 heteroatoms. The van der Waals surface area contributed by atoms with Crippen molar-refractivity contribution in [2.24, 2.45) is 0 Å². The Morgan fingerprint density at radius 2 is 1.88 bits per heavy atom. The van der Waals surface area contributed by atoms with Crippen LogP contribution in [0.5, 0.6) is 0 Å². The second kappa shape index (κ2) is 6.99. The van der Waals surface area contributed by atoms with E-state index in [1.54, 1.807) is 32.9 Å². The first kappa shape index (κ1) is 18.3. The van der Waals surface area contributed by atoms with E-state index in [2.05, 4.69) is 4.98 Å². The van der Waals surface area contributed by atoms with Gasteiger partial charge < -0.3 is 4.74 Å². The van der Waals surface area contributed by atoms with Crippen LogP contribution in [0.25, 0.3) is 21.3 Å². The van der Waals surface area contributed by atoms with Crippen LogP contribution in [0.4, 0.5) is 4.39 Å². The Labute approximate surface area is 154 Å². The maximum atomic E-state index is 13.3. The molecule has 0 saturated carbocycles. The van der Waals surface area contributed by atoms with Gasteiger partial charge in [-0.25, -0.2) is 14.2 Å². The number of esters is 1. The summed E-state index contributed by atoms with van der Waals surface area (Å²) in [6, 6.07) is 5.20. The van der Waals surface area contributed by atoms with Gasteiger partial charge in [0.25, 0.3) is 5.56 Å². The fourth-order valence-corrected chi connectivity index (χ4v) is 3.80. The predicted octanol–water partition coefficient (Wildman–Crippen LogP) is 4.09. The van der Waals surface area contributed by atoms with Crippen LogP contribution < -0.4 is 5.56 Å². The van der Waals surface area contributed by atoms with Crippen LogP contribution in [0.1, 0.15) is 31.7 Å². The summed E-state index contributed by atoms with van der Waals surface area (Å²) < 4.78 is 19.7. The number of benzene rings is 1. The highest BCUT2D eigenvalue weighted by Gasteiger charge is 2.23. The maximum absolute atomic E-state index is 13.3. The van der Waals surface area contributed by atoms with Crippen LogP contribution >= 0.6 is 11.3 Å². The highest BCUT2D eigenvalue weighted by atomic mass is 32.1. The molecule has 2 aromatic heterocycles. The van der Waals surface area contributed by atoms with Crippen LogP contribution in [0.2, 0.25) is 0 Å². The zero-order valence-electron chi connectivity index (χ0n) is 14.9. The number of carbonyl (C=O) groups excluding carboxylic acids is 1. The van der Waals surface area contributed by atoms with Crippen LogP contribution in [-0.4, -0.2) is 21.6 Å². The van der Waals surface area contributed by atoms with Crippen LogP contribution in [-0.2, 0) is 9.53 Å². The van der Waals surface area contributed by atoms with Crippen molar-refractivity contribution >= 4 is 27.5 Å². The van der Waals surface area contributed by atoms with Gasteiger partial charge in [-0.05, 0) is 45.4 Å². The van der Waals surface area contributed by atoms with Gasteiger partial charge in [0.1, 0.15) is 16.7 Å². The minimum absolute atomic E-state index is 0.268. The summed E-state index contributed by atoms with van der Waals surface area (Å²) in [7, 11) is 0. The molecule has 0 bridgehead atoms. The minimum Gasteiger partial charge on any atom is -0.461 e. The number of halogens is 1. The largest absolute Gasteiger partial charge is 0.461 e. The second-order valence-corrected chi connectivity index (χ2v) is 7.54. The molecule has 0 amide bonds. The lowest BCUT2D eigenvalue weighted by atomic mass is 10.0. The number of aryl methyl sites for hydroxylation is 1. The van der Waals surface area contributed by atoms with Crippen molar-refractivity contribution in [1.82, 2.24) is 9.55 Å². The summed E-state index contributed by atoms with van der Waals surface area (Å²) in [5.74, 6) is -0.829. The summed E-state index contributed by atoms with van der Waals surface area (Å²) in [5.41, 5.74) is 1.15. The quantitative estimate of drug-likeness (QED) is 0.646. The van der Waals surface area contributed by atoms with Gasteiger partial charge >= 0.3 is 5.97 Å². The van der Waals surface area contributed by atoms with E-state index < -0.39 is 12.0 Å². The third-order valence-corrected chi connectivity index (χ3v) is 5.07. The topological polar surface area (TPSA) is 61.2 Å². The Hall–Kier alpha value is -2.54. The third kappa shape index (κ3) is 3.26. The van der Waals surface area contributed by atoms with E-state index in [1.807, 2.05) is 6.92 Å². The number of thiophene rings is 1. The summed E-state index contributed by atoms with van der Waals surface area (Å²) in [6.45, 7) is 7.01. The Kier molecular flexibility index (Phi) is 4.91. The number of ether oxygens (including phenoxy) is 1. The predicted molar refractivity (Wildman–Crippen MR) is 100.0 cm³/mol. The Morgan fingerprint density at radius 1 is 1.23 bits per heavy atom. The van der Waals surface area contributed by atoms with Gasteiger partial charge in [0.2, 0.25) is 0 Å². The summed E-state index contributed by atoms with van der Waals surface area (Å²) in [6.07, 6.45) is 1.11. The first-order valence-corrected chi connectivity index (χ1v) is 9.08. The highest BCUT2D eigenvalue weighted by molar-refractivity contribution is 7.19. The molecule has 0 fully saturated rings. The van der Waals surface area contributed by atoms with E-state index in [4.69, 9.17) is 4.74 Å². The van der Waals surface area contributed by atoms with Gasteiger partial charge in [0.15, 0.2) is 0 Å². The lowest BCUT2D eigenvalue weighted by molar-refractivity contribution is -0.151. The molecule has 0 aliphatic heterocycles. The molecule has 0 spiro atoms. The average molecular weight is 374 g/mol. The van der Waals surface area contributed by atoms with Gasteiger partial charge in [0.05, 0.1) is 17.8 Å². The maximum Gasteiger partial charge on any atom is 0.329 e. The lowest BCUT2D eigenvalue weighted by Crippen LogP contribution is -2.30. The minimum atomic E-state index is -0.789. The van der Waals surface area contributed by atoms with Gasteiger partial charge in [0, 0.05) is 10.4 Å². The summed E-state index contributed by atoms with van der Waals surface area (Å²) >= 11 is 1.40. The van der Waals surface area contributed by atoms with Crippen LogP contribution in [0.15, 0.2) is 35.4 Å². The number of nitrogens with zero attached hydrogens (tertiary/aromatic N) is 2. The number of hydrogen-bond donors (Lipinski definition) is 0. The zero-order valence-corrected chi connectivity index (χ0v) is 15.8. The molecular formula is C19H19FN2O3S.